The summed E-state index contributed by atoms with van der Waals surface area (Å²) < 4.78 is 10.9. The maximum atomic E-state index is 12.8. The Hall–Kier alpha value is -3.29. The van der Waals surface area contributed by atoms with Gasteiger partial charge in [0.25, 0.3) is 0 Å². The summed E-state index contributed by atoms with van der Waals surface area (Å²) >= 11 is 12.0. The van der Waals surface area contributed by atoms with Crippen molar-refractivity contribution < 1.29 is 19.1 Å². The van der Waals surface area contributed by atoms with Gasteiger partial charge in [0.1, 0.15) is 10.8 Å². The van der Waals surface area contributed by atoms with Crippen LogP contribution in [-0.4, -0.2) is 23.9 Å². The first kappa shape index (κ1) is 23.4. The van der Waals surface area contributed by atoms with E-state index in [1.165, 1.54) is 19.2 Å². The second kappa shape index (κ2) is 10.8. The second-order valence-corrected chi connectivity index (χ2v) is 7.66. The molecule has 0 saturated carbocycles. The normalized spacial score (nSPS) is 11.4. The van der Waals surface area contributed by atoms with E-state index in [1.807, 2.05) is 0 Å². The number of methoxy groups -OCH3 is 1. The fourth-order valence-corrected chi connectivity index (χ4v) is 3.38. The van der Waals surface area contributed by atoms with E-state index < -0.39 is 6.04 Å². The molecule has 0 bridgehead atoms. The summed E-state index contributed by atoms with van der Waals surface area (Å²) in [5.74, 6) is 0.641. The number of para-hydroxylation sites is 2. The van der Waals surface area contributed by atoms with Crippen LogP contribution in [0.4, 0.5) is 5.69 Å². The molecule has 166 valence electrons. The van der Waals surface area contributed by atoms with Crippen LogP contribution in [0.5, 0.6) is 17.4 Å². The zero-order valence-corrected chi connectivity index (χ0v) is 18.9. The largest absolute Gasteiger partial charge is 0.497 e. The van der Waals surface area contributed by atoms with Crippen molar-refractivity contribution in [3.63, 3.8) is 0 Å². The highest BCUT2D eigenvalue weighted by atomic mass is 35.5. The summed E-state index contributed by atoms with van der Waals surface area (Å²) in [6.45, 7) is 1.40. The predicted molar refractivity (Wildman–Crippen MR) is 124 cm³/mol. The topological polar surface area (TPSA) is 89.6 Å². The first-order valence-electron chi connectivity index (χ1n) is 9.64. The van der Waals surface area contributed by atoms with Gasteiger partial charge in [0.2, 0.25) is 17.7 Å². The number of ether oxygens (including phenoxy) is 2. The summed E-state index contributed by atoms with van der Waals surface area (Å²) in [4.78, 5) is 28.6. The van der Waals surface area contributed by atoms with Crippen LogP contribution in [0.3, 0.4) is 0 Å². The lowest BCUT2D eigenvalue weighted by Gasteiger charge is -2.19. The van der Waals surface area contributed by atoms with Crippen molar-refractivity contribution in [1.29, 1.82) is 0 Å². The van der Waals surface area contributed by atoms with E-state index >= 15 is 0 Å². The average Bonchev–Trinajstić information content (AvgIpc) is 2.76. The number of amides is 2. The van der Waals surface area contributed by atoms with E-state index in [0.717, 1.165) is 5.56 Å². The first-order chi connectivity index (χ1) is 15.4. The summed E-state index contributed by atoms with van der Waals surface area (Å²) in [6.07, 6.45) is 1.43. The van der Waals surface area contributed by atoms with Crippen LogP contribution in [0.15, 0.2) is 60.8 Å². The van der Waals surface area contributed by atoms with Gasteiger partial charge in [-0.05, 0) is 35.9 Å². The molecule has 0 aliphatic carbocycles. The van der Waals surface area contributed by atoms with Gasteiger partial charge in [-0.2, -0.15) is 0 Å². The van der Waals surface area contributed by atoms with Crippen LogP contribution >= 0.6 is 23.2 Å². The van der Waals surface area contributed by atoms with Crippen molar-refractivity contribution in [3.05, 3.63) is 76.4 Å². The van der Waals surface area contributed by atoms with E-state index in [9.17, 15) is 9.59 Å². The number of carbonyl (C=O) groups is 2. The van der Waals surface area contributed by atoms with Crippen LogP contribution in [0, 0.1) is 0 Å². The molecule has 32 heavy (non-hydrogen) atoms. The van der Waals surface area contributed by atoms with Gasteiger partial charge in [0.15, 0.2) is 5.75 Å². The van der Waals surface area contributed by atoms with Gasteiger partial charge in [0, 0.05) is 13.1 Å². The van der Waals surface area contributed by atoms with Gasteiger partial charge < -0.3 is 20.1 Å². The molecule has 1 atom stereocenters. The van der Waals surface area contributed by atoms with Gasteiger partial charge in [-0.25, -0.2) is 4.98 Å². The molecule has 1 aromatic heterocycles. The van der Waals surface area contributed by atoms with Crippen LogP contribution in [-0.2, 0) is 9.59 Å². The number of rotatable bonds is 8. The number of hydrogen-bond acceptors (Lipinski definition) is 5. The van der Waals surface area contributed by atoms with Crippen LogP contribution < -0.4 is 20.1 Å². The molecule has 2 aromatic carbocycles. The van der Waals surface area contributed by atoms with Gasteiger partial charge in [-0.3, -0.25) is 9.59 Å². The molecule has 0 spiro atoms. The molecule has 3 aromatic rings. The molecule has 2 N–H and O–H groups in total. The van der Waals surface area contributed by atoms with Crippen LogP contribution in [0.2, 0.25) is 10.0 Å². The van der Waals surface area contributed by atoms with E-state index in [4.69, 9.17) is 32.7 Å². The van der Waals surface area contributed by atoms with E-state index in [-0.39, 0.29) is 29.1 Å². The maximum absolute atomic E-state index is 12.8. The van der Waals surface area contributed by atoms with Crippen molar-refractivity contribution >= 4 is 40.7 Å². The molecular formula is C23H21Cl2N3O4. The van der Waals surface area contributed by atoms with E-state index in [0.29, 0.717) is 22.2 Å². The molecule has 0 aliphatic rings. The monoisotopic (exact) mass is 473 g/mol. The molecule has 0 aliphatic heterocycles. The van der Waals surface area contributed by atoms with E-state index in [1.54, 1.807) is 55.6 Å². The minimum atomic E-state index is -0.515. The molecule has 1 unspecified atom stereocenters. The minimum absolute atomic E-state index is 0.0141. The van der Waals surface area contributed by atoms with Crippen molar-refractivity contribution in [2.75, 3.05) is 12.4 Å². The number of halogens is 2. The molecule has 7 nitrogen and oxygen atoms in total. The smallest absolute Gasteiger partial charge is 0.238 e. The highest BCUT2D eigenvalue weighted by molar-refractivity contribution is 6.35. The highest BCUT2D eigenvalue weighted by Crippen LogP contribution is 2.33. The average molecular weight is 474 g/mol. The number of benzene rings is 2. The summed E-state index contributed by atoms with van der Waals surface area (Å²) in [7, 11) is 1.57. The quantitative estimate of drug-likeness (QED) is 0.457. The molecule has 9 heteroatoms. The van der Waals surface area contributed by atoms with Crippen molar-refractivity contribution in [2.45, 2.75) is 19.4 Å². The number of pyridine rings is 1. The number of nitrogens with zero attached hydrogens (tertiary/aromatic N) is 1. The zero-order chi connectivity index (χ0) is 23.1. The maximum Gasteiger partial charge on any atom is 0.238 e. The predicted octanol–water partition coefficient (Wildman–Crippen LogP) is 5.40. The van der Waals surface area contributed by atoms with Crippen molar-refractivity contribution in [2.24, 2.45) is 0 Å². The Labute approximate surface area is 195 Å². The SMILES string of the molecule is COc1ccc(C(CC(=O)Nc2ccccc2Oc2ncc(Cl)cc2Cl)NC(C)=O)cc1. The second-order valence-electron chi connectivity index (χ2n) is 6.82. The molecule has 0 fully saturated rings. The van der Waals surface area contributed by atoms with Crippen molar-refractivity contribution in [1.82, 2.24) is 10.3 Å². The van der Waals surface area contributed by atoms with Gasteiger partial charge in [-0.1, -0.05) is 47.5 Å². The van der Waals surface area contributed by atoms with Crippen LogP contribution in [0.1, 0.15) is 24.9 Å². The van der Waals surface area contributed by atoms with Crippen LogP contribution in [0.25, 0.3) is 0 Å². The first-order valence-corrected chi connectivity index (χ1v) is 10.4. The fourth-order valence-electron chi connectivity index (χ4n) is 2.96. The molecule has 1 heterocycles. The standard InChI is InChI=1S/C23H21Cl2N3O4/c1-14(29)27-20(15-7-9-17(31-2)10-8-15)12-22(30)28-19-5-3-4-6-21(19)32-23-18(25)11-16(24)13-26-23/h3-11,13,20H,12H2,1-2H3,(H,27,29)(H,28,30). The number of anilines is 1. The number of hydrogen-bond donors (Lipinski definition) is 2. The number of nitrogens with one attached hydrogen (secondary N) is 2. The third-order valence-corrected chi connectivity index (χ3v) is 4.90. The van der Waals surface area contributed by atoms with Gasteiger partial charge in [-0.15, -0.1) is 0 Å². The Balaban J connectivity index is 1.75. The summed E-state index contributed by atoms with van der Waals surface area (Å²) in [5, 5.41) is 6.25. The molecule has 0 saturated heterocycles. The number of aromatic nitrogens is 1. The lowest BCUT2D eigenvalue weighted by atomic mass is 10.0. The molecular weight excluding hydrogens is 453 g/mol. The Kier molecular flexibility index (Phi) is 7.92. The molecule has 2 amide bonds. The lowest BCUT2D eigenvalue weighted by molar-refractivity contribution is -0.120. The van der Waals surface area contributed by atoms with Gasteiger partial charge in [0.05, 0.1) is 30.3 Å². The minimum Gasteiger partial charge on any atom is -0.497 e. The Morgan fingerprint density at radius 2 is 1.81 bits per heavy atom. The third-order valence-electron chi connectivity index (χ3n) is 4.43. The Bertz CT molecular complexity index is 1110. The van der Waals surface area contributed by atoms with Gasteiger partial charge >= 0.3 is 0 Å². The lowest BCUT2D eigenvalue weighted by Crippen LogP contribution is -2.29. The van der Waals surface area contributed by atoms with Crippen molar-refractivity contribution in [3.8, 4) is 17.4 Å². The Morgan fingerprint density at radius 1 is 1.09 bits per heavy atom. The van der Waals surface area contributed by atoms with E-state index in [2.05, 4.69) is 15.6 Å². The fraction of sp³-hybridized carbons (Fsp3) is 0.174. The highest BCUT2D eigenvalue weighted by Gasteiger charge is 2.19. The Morgan fingerprint density at radius 3 is 2.47 bits per heavy atom. The molecule has 0 radical (unpaired) electrons. The summed E-state index contributed by atoms with van der Waals surface area (Å²) in [6, 6.07) is 15.0. The third kappa shape index (κ3) is 6.35. The number of carbonyl (C=O) groups excluding carboxylic acids is 2. The summed E-state index contributed by atoms with van der Waals surface area (Å²) in [5.41, 5.74) is 1.21. The zero-order valence-electron chi connectivity index (χ0n) is 17.4. The molecule has 3 rings (SSSR count).